The number of carbonyl (C=O) groups is 1. The molecule has 1 amide bonds. The van der Waals surface area contributed by atoms with Crippen LogP contribution < -0.4 is 11.1 Å². The number of nitrogens with one attached hydrogen (secondary N) is 1. The predicted molar refractivity (Wildman–Crippen MR) is 41.8 cm³/mol. The van der Waals surface area contributed by atoms with Gasteiger partial charge in [0, 0.05) is 6.54 Å². The second kappa shape index (κ2) is 2.21. The van der Waals surface area contributed by atoms with Crippen molar-refractivity contribution in [3.63, 3.8) is 0 Å². The number of amides is 1. The summed E-state index contributed by atoms with van der Waals surface area (Å²) in [5.74, 6) is -0.00838. The van der Waals surface area contributed by atoms with Gasteiger partial charge in [-0.25, -0.2) is 0 Å². The summed E-state index contributed by atoms with van der Waals surface area (Å²) in [4.78, 5) is 11.0. The summed E-state index contributed by atoms with van der Waals surface area (Å²) >= 11 is 0. The highest BCUT2D eigenvalue weighted by Gasteiger charge is 2.52. The van der Waals surface area contributed by atoms with Crippen LogP contribution in [0.2, 0.25) is 0 Å². The third-order valence-corrected chi connectivity index (χ3v) is 3.12. The zero-order valence-electron chi connectivity index (χ0n) is 6.60. The first-order valence-corrected chi connectivity index (χ1v) is 4.25. The lowest BCUT2D eigenvalue weighted by atomic mass is 9.83. The van der Waals surface area contributed by atoms with Crippen molar-refractivity contribution < 1.29 is 4.79 Å². The highest BCUT2D eigenvalue weighted by atomic mass is 16.1. The number of hydrogen-bond donors (Lipinski definition) is 2. The van der Waals surface area contributed by atoms with Crippen molar-refractivity contribution in [1.82, 2.24) is 5.32 Å². The minimum Gasteiger partial charge on any atom is -0.369 e. The monoisotopic (exact) mass is 154 g/mol. The predicted octanol–water partition coefficient (Wildman–Crippen LogP) is -0.139. The fourth-order valence-corrected chi connectivity index (χ4v) is 2.14. The molecule has 1 atom stereocenters. The maximum absolute atomic E-state index is 11.0. The molecule has 0 bridgehead atoms. The molecule has 1 saturated heterocycles. The normalized spacial score (nSPS) is 33.6. The van der Waals surface area contributed by atoms with E-state index in [4.69, 9.17) is 5.73 Å². The minimum atomic E-state index is -0.116. The summed E-state index contributed by atoms with van der Waals surface area (Å²) in [6.45, 7) is 1.86. The van der Waals surface area contributed by atoms with Crippen LogP contribution >= 0.6 is 0 Å². The maximum Gasteiger partial charge on any atom is 0.222 e. The molecule has 3 N–H and O–H groups in total. The highest BCUT2D eigenvalue weighted by Crippen LogP contribution is 2.55. The van der Waals surface area contributed by atoms with E-state index in [1.807, 2.05) is 0 Å². The number of hydrogen-bond acceptors (Lipinski definition) is 2. The molecule has 2 rings (SSSR count). The number of carbonyl (C=O) groups excluding carboxylic acids is 1. The molecule has 1 spiro atoms. The summed E-state index contributed by atoms with van der Waals surface area (Å²) in [5, 5.41) is 3.21. The first-order valence-electron chi connectivity index (χ1n) is 4.25. The Kier molecular flexibility index (Phi) is 1.42. The van der Waals surface area contributed by atoms with Crippen LogP contribution in [0.15, 0.2) is 0 Å². The molecule has 0 aromatic rings. The van der Waals surface area contributed by atoms with E-state index in [1.54, 1.807) is 0 Å². The van der Waals surface area contributed by atoms with Crippen LogP contribution in [0.1, 0.15) is 19.3 Å². The van der Waals surface area contributed by atoms with Gasteiger partial charge in [-0.15, -0.1) is 0 Å². The fourth-order valence-electron chi connectivity index (χ4n) is 2.14. The molecule has 2 fully saturated rings. The molecule has 1 aliphatic carbocycles. The SMILES string of the molecule is NC(=O)C1CNCCC12CC2. The van der Waals surface area contributed by atoms with Crippen LogP contribution in [-0.4, -0.2) is 19.0 Å². The van der Waals surface area contributed by atoms with Gasteiger partial charge >= 0.3 is 0 Å². The van der Waals surface area contributed by atoms with Gasteiger partial charge in [0.25, 0.3) is 0 Å². The van der Waals surface area contributed by atoms with Gasteiger partial charge in [-0.1, -0.05) is 0 Å². The van der Waals surface area contributed by atoms with E-state index in [2.05, 4.69) is 5.32 Å². The van der Waals surface area contributed by atoms with Crippen molar-refractivity contribution in [3.05, 3.63) is 0 Å². The molecule has 1 heterocycles. The van der Waals surface area contributed by atoms with Gasteiger partial charge < -0.3 is 11.1 Å². The number of primary amides is 1. The van der Waals surface area contributed by atoms with E-state index in [0.717, 1.165) is 19.5 Å². The second-order valence-electron chi connectivity index (χ2n) is 3.77. The summed E-state index contributed by atoms with van der Waals surface area (Å²) in [6, 6.07) is 0. The lowest BCUT2D eigenvalue weighted by Crippen LogP contribution is -2.44. The van der Waals surface area contributed by atoms with E-state index >= 15 is 0 Å². The maximum atomic E-state index is 11.0. The number of rotatable bonds is 1. The van der Waals surface area contributed by atoms with Gasteiger partial charge in [-0.2, -0.15) is 0 Å². The van der Waals surface area contributed by atoms with Crippen LogP contribution in [0.4, 0.5) is 0 Å². The standard InChI is InChI=1S/C8H14N2O/c9-7(11)6-5-10-4-3-8(6)1-2-8/h6,10H,1-5H2,(H2,9,11). The Balaban J connectivity index is 2.10. The van der Waals surface area contributed by atoms with Crippen LogP contribution in [-0.2, 0) is 4.79 Å². The molecule has 0 aromatic carbocycles. The number of nitrogens with two attached hydrogens (primary N) is 1. The van der Waals surface area contributed by atoms with Gasteiger partial charge in [-0.3, -0.25) is 4.79 Å². The van der Waals surface area contributed by atoms with E-state index in [0.29, 0.717) is 5.41 Å². The molecular weight excluding hydrogens is 140 g/mol. The Bertz CT molecular complexity index is 187. The van der Waals surface area contributed by atoms with Crippen LogP contribution in [0.5, 0.6) is 0 Å². The zero-order valence-corrected chi connectivity index (χ0v) is 6.60. The van der Waals surface area contributed by atoms with Gasteiger partial charge in [0.15, 0.2) is 0 Å². The number of piperidine rings is 1. The van der Waals surface area contributed by atoms with Crippen molar-refractivity contribution in [2.24, 2.45) is 17.1 Å². The van der Waals surface area contributed by atoms with E-state index in [9.17, 15) is 4.79 Å². The molecule has 11 heavy (non-hydrogen) atoms. The topological polar surface area (TPSA) is 55.1 Å². The first-order chi connectivity index (χ1) is 5.25. The smallest absolute Gasteiger partial charge is 0.222 e. The van der Waals surface area contributed by atoms with Crippen molar-refractivity contribution in [2.45, 2.75) is 19.3 Å². The van der Waals surface area contributed by atoms with E-state index in [-0.39, 0.29) is 11.8 Å². The zero-order chi connectivity index (χ0) is 7.90. The van der Waals surface area contributed by atoms with Gasteiger partial charge in [-0.05, 0) is 31.2 Å². The highest BCUT2D eigenvalue weighted by molar-refractivity contribution is 5.78. The summed E-state index contributed by atoms with van der Waals surface area (Å²) in [5.41, 5.74) is 5.63. The Morgan fingerprint density at radius 1 is 1.45 bits per heavy atom. The van der Waals surface area contributed by atoms with Crippen LogP contribution in [0.3, 0.4) is 0 Å². The van der Waals surface area contributed by atoms with Crippen molar-refractivity contribution in [2.75, 3.05) is 13.1 Å². The minimum absolute atomic E-state index is 0.108. The second-order valence-corrected chi connectivity index (χ2v) is 3.77. The molecule has 0 aromatic heterocycles. The van der Waals surface area contributed by atoms with Crippen LogP contribution in [0.25, 0.3) is 0 Å². The first kappa shape index (κ1) is 7.10. The van der Waals surface area contributed by atoms with Crippen molar-refractivity contribution >= 4 is 5.91 Å². The van der Waals surface area contributed by atoms with Crippen molar-refractivity contribution in [1.29, 1.82) is 0 Å². The molecule has 1 saturated carbocycles. The van der Waals surface area contributed by atoms with Gasteiger partial charge in [0.1, 0.15) is 0 Å². The molecule has 1 aliphatic heterocycles. The van der Waals surface area contributed by atoms with Crippen molar-refractivity contribution in [3.8, 4) is 0 Å². The lowest BCUT2D eigenvalue weighted by molar-refractivity contribution is -0.124. The quantitative estimate of drug-likeness (QED) is 0.552. The van der Waals surface area contributed by atoms with E-state index in [1.165, 1.54) is 12.8 Å². The average molecular weight is 154 g/mol. The molecule has 3 heteroatoms. The Morgan fingerprint density at radius 2 is 2.18 bits per heavy atom. The Labute approximate surface area is 66.3 Å². The van der Waals surface area contributed by atoms with Crippen LogP contribution in [0, 0.1) is 11.3 Å². The summed E-state index contributed by atoms with van der Waals surface area (Å²) < 4.78 is 0. The molecular formula is C8H14N2O. The molecule has 2 aliphatic rings. The molecule has 3 nitrogen and oxygen atoms in total. The third kappa shape index (κ3) is 1.03. The largest absolute Gasteiger partial charge is 0.369 e. The summed E-state index contributed by atoms with van der Waals surface area (Å²) in [7, 11) is 0. The third-order valence-electron chi connectivity index (χ3n) is 3.12. The Hall–Kier alpha value is -0.570. The molecule has 1 unspecified atom stereocenters. The molecule has 0 radical (unpaired) electrons. The Morgan fingerprint density at radius 3 is 2.64 bits per heavy atom. The summed E-state index contributed by atoms with van der Waals surface area (Å²) in [6.07, 6.45) is 3.56. The van der Waals surface area contributed by atoms with Gasteiger partial charge in [0.05, 0.1) is 5.92 Å². The average Bonchev–Trinajstić information content (AvgIpc) is 2.70. The van der Waals surface area contributed by atoms with E-state index < -0.39 is 0 Å². The molecule has 62 valence electrons. The van der Waals surface area contributed by atoms with Gasteiger partial charge in [0.2, 0.25) is 5.91 Å². The fraction of sp³-hybridized carbons (Fsp3) is 0.875. The lowest BCUT2D eigenvalue weighted by Gasteiger charge is -2.29.